The lowest BCUT2D eigenvalue weighted by Gasteiger charge is -2.22. The van der Waals surface area contributed by atoms with Gasteiger partial charge in [0.1, 0.15) is 11.5 Å². The maximum absolute atomic E-state index is 12.1. The summed E-state index contributed by atoms with van der Waals surface area (Å²) in [5.41, 5.74) is 0.604. The van der Waals surface area contributed by atoms with Crippen molar-refractivity contribution in [3.63, 3.8) is 0 Å². The molecule has 5 nitrogen and oxygen atoms in total. The molecule has 1 N–H and O–H groups in total. The second-order valence-corrected chi connectivity index (χ2v) is 4.93. The summed E-state index contributed by atoms with van der Waals surface area (Å²) in [5, 5.41) is 2.92. The minimum Gasteiger partial charge on any atom is -0.497 e. The number of hydrogen-bond acceptors (Lipinski definition) is 4. The molecule has 1 aromatic heterocycles. The molecule has 0 aliphatic rings. The number of furan rings is 1. The third-order valence-electron chi connectivity index (χ3n) is 3.30. The van der Waals surface area contributed by atoms with Gasteiger partial charge >= 0.3 is 0 Å². The largest absolute Gasteiger partial charge is 0.497 e. The summed E-state index contributed by atoms with van der Waals surface area (Å²) >= 11 is 0. The molecule has 0 aliphatic heterocycles. The van der Waals surface area contributed by atoms with E-state index in [-0.39, 0.29) is 11.9 Å². The van der Waals surface area contributed by atoms with Crippen LogP contribution in [-0.4, -0.2) is 38.6 Å². The zero-order chi connectivity index (χ0) is 15.2. The van der Waals surface area contributed by atoms with Gasteiger partial charge in [-0.1, -0.05) is 0 Å². The highest BCUT2D eigenvalue weighted by Crippen LogP contribution is 2.18. The minimum atomic E-state index is -0.115. The third-order valence-corrected chi connectivity index (χ3v) is 3.30. The quantitative estimate of drug-likeness (QED) is 0.886. The van der Waals surface area contributed by atoms with E-state index in [0.717, 1.165) is 11.5 Å². The molecule has 0 unspecified atom stereocenters. The Labute approximate surface area is 124 Å². The van der Waals surface area contributed by atoms with Crippen LogP contribution in [-0.2, 0) is 0 Å². The van der Waals surface area contributed by atoms with E-state index in [1.54, 1.807) is 37.6 Å². The molecule has 1 atom stereocenters. The maximum atomic E-state index is 12.1. The van der Waals surface area contributed by atoms with Crippen molar-refractivity contribution in [1.29, 1.82) is 0 Å². The molecule has 2 aromatic rings. The summed E-state index contributed by atoms with van der Waals surface area (Å²) in [5.74, 6) is 1.44. The Kier molecular flexibility index (Phi) is 5.00. The van der Waals surface area contributed by atoms with E-state index in [2.05, 4.69) is 5.32 Å². The third kappa shape index (κ3) is 3.86. The van der Waals surface area contributed by atoms with Gasteiger partial charge < -0.3 is 14.5 Å². The van der Waals surface area contributed by atoms with Crippen molar-refractivity contribution in [2.24, 2.45) is 0 Å². The molecule has 1 amide bonds. The number of hydrogen-bond donors (Lipinski definition) is 1. The first-order valence-corrected chi connectivity index (χ1v) is 6.74. The van der Waals surface area contributed by atoms with Crippen molar-refractivity contribution in [2.75, 3.05) is 27.7 Å². The fraction of sp³-hybridized carbons (Fsp3) is 0.312. The van der Waals surface area contributed by atoms with Crippen LogP contribution in [0.2, 0.25) is 0 Å². The summed E-state index contributed by atoms with van der Waals surface area (Å²) < 4.78 is 10.5. The van der Waals surface area contributed by atoms with E-state index in [4.69, 9.17) is 9.15 Å². The number of nitrogens with one attached hydrogen (secondary N) is 1. The zero-order valence-electron chi connectivity index (χ0n) is 12.5. The first kappa shape index (κ1) is 15.1. The predicted molar refractivity (Wildman–Crippen MR) is 80.5 cm³/mol. The molecule has 21 heavy (non-hydrogen) atoms. The fourth-order valence-electron chi connectivity index (χ4n) is 2.05. The van der Waals surface area contributed by atoms with Gasteiger partial charge in [0.15, 0.2) is 0 Å². The number of carbonyl (C=O) groups excluding carboxylic acids is 1. The van der Waals surface area contributed by atoms with Gasteiger partial charge in [-0.3, -0.25) is 9.69 Å². The van der Waals surface area contributed by atoms with Gasteiger partial charge in [-0.15, -0.1) is 0 Å². The van der Waals surface area contributed by atoms with Gasteiger partial charge in [0.05, 0.1) is 19.4 Å². The number of carbonyl (C=O) groups is 1. The molecule has 0 saturated carbocycles. The topological polar surface area (TPSA) is 54.7 Å². The van der Waals surface area contributed by atoms with E-state index in [0.29, 0.717) is 12.1 Å². The molecule has 0 spiro atoms. The van der Waals surface area contributed by atoms with Crippen molar-refractivity contribution in [1.82, 2.24) is 10.2 Å². The lowest BCUT2D eigenvalue weighted by atomic mass is 10.1. The van der Waals surface area contributed by atoms with E-state index >= 15 is 0 Å². The average molecular weight is 288 g/mol. The molecule has 112 valence electrons. The van der Waals surface area contributed by atoms with Crippen LogP contribution in [0.4, 0.5) is 0 Å². The standard InChI is InChI=1S/C16H20N2O3/c1-18(2)14(15-5-4-10-21-15)11-17-16(19)12-6-8-13(20-3)9-7-12/h4-10,14H,11H2,1-3H3,(H,17,19)/t14-/m0/s1. The molecule has 1 heterocycles. The van der Waals surface area contributed by atoms with Crippen molar-refractivity contribution >= 4 is 5.91 Å². The highest BCUT2D eigenvalue weighted by atomic mass is 16.5. The van der Waals surface area contributed by atoms with Crippen LogP contribution in [0.1, 0.15) is 22.2 Å². The number of likely N-dealkylation sites (N-methyl/N-ethyl adjacent to an activating group) is 1. The Morgan fingerprint density at radius 1 is 1.29 bits per heavy atom. The van der Waals surface area contributed by atoms with Crippen LogP contribution >= 0.6 is 0 Å². The van der Waals surface area contributed by atoms with Gasteiger partial charge in [-0.2, -0.15) is 0 Å². The van der Waals surface area contributed by atoms with Crippen molar-refractivity contribution in [3.05, 3.63) is 54.0 Å². The number of amides is 1. The summed E-state index contributed by atoms with van der Waals surface area (Å²) in [4.78, 5) is 14.1. The molecule has 0 saturated heterocycles. The van der Waals surface area contributed by atoms with Gasteiger partial charge in [0, 0.05) is 12.1 Å². The van der Waals surface area contributed by atoms with Gasteiger partial charge in [0.25, 0.3) is 5.91 Å². The van der Waals surface area contributed by atoms with Gasteiger partial charge in [0.2, 0.25) is 0 Å². The first-order valence-electron chi connectivity index (χ1n) is 6.74. The monoisotopic (exact) mass is 288 g/mol. The number of rotatable bonds is 6. The Bertz CT molecular complexity index is 562. The molecule has 1 aromatic carbocycles. The summed E-state index contributed by atoms with van der Waals surface area (Å²) in [6.45, 7) is 0.478. The second-order valence-electron chi connectivity index (χ2n) is 4.93. The van der Waals surface area contributed by atoms with Crippen LogP contribution in [0, 0.1) is 0 Å². The van der Waals surface area contributed by atoms with Crippen LogP contribution in [0.5, 0.6) is 5.75 Å². The number of benzene rings is 1. The Morgan fingerprint density at radius 2 is 2.00 bits per heavy atom. The maximum Gasteiger partial charge on any atom is 0.251 e. The van der Waals surface area contributed by atoms with Crippen molar-refractivity contribution in [3.8, 4) is 5.75 Å². The fourth-order valence-corrected chi connectivity index (χ4v) is 2.05. The SMILES string of the molecule is COc1ccc(C(=O)NC[C@@H](c2ccco2)N(C)C)cc1. The van der Waals surface area contributed by atoms with Crippen LogP contribution in [0.25, 0.3) is 0 Å². The number of ether oxygens (including phenoxy) is 1. The second kappa shape index (κ2) is 6.95. The molecular formula is C16H20N2O3. The van der Waals surface area contributed by atoms with Gasteiger partial charge in [-0.05, 0) is 50.5 Å². The highest BCUT2D eigenvalue weighted by Gasteiger charge is 2.18. The zero-order valence-corrected chi connectivity index (χ0v) is 12.5. The lowest BCUT2D eigenvalue weighted by molar-refractivity contribution is 0.0939. The molecule has 5 heteroatoms. The average Bonchev–Trinajstić information content (AvgIpc) is 3.01. The Morgan fingerprint density at radius 3 is 2.52 bits per heavy atom. The Hall–Kier alpha value is -2.27. The molecule has 0 aliphatic carbocycles. The first-order chi connectivity index (χ1) is 10.1. The molecule has 0 bridgehead atoms. The van der Waals surface area contributed by atoms with Crippen LogP contribution in [0.3, 0.4) is 0 Å². The van der Waals surface area contributed by atoms with Crippen molar-refractivity contribution in [2.45, 2.75) is 6.04 Å². The predicted octanol–water partition coefficient (Wildman–Crippen LogP) is 2.32. The van der Waals surface area contributed by atoms with E-state index < -0.39 is 0 Å². The smallest absolute Gasteiger partial charge is 0.251 e. The van der Waals surface area contributed by atoms with E-state index in [9.17, 15) is 4.79 Å². The lowest BCUT2D eigenvalue weighted by Crippen LogP contribution is -2.34. The minimum absolute atomic E-state index is 0.00204. The highest BCUT2D eigenvalue weighted by molar-refractivity contribution is 5.94. The number of methoxy groups -OCH3 is 1. The summed E-state index contributed by atoms with van der Waals surface area (Å²) in [6, 6.07) is 10.8. The summed E-state index contributed by atoms with van der Waals surface area (Å²) in [7, 11) is 5.50. The molecular weight excluding hydrogens is 268 g/mol. The van der Waals surface area contributed by atoms with Gasteiger partial charge in [-0.25, -0.2) is 0 Å². The molecule has 2 rings (SSSR count). The number of nitrogens with zero attached hydrogens (tertiary/aromatic N) is 1. The van der Waals surface area contributed by atoms with Crippen LogP contribution in [0.15, 0.2) is 47.1 Å². The normalized spacial score (nSPS) is 12.2. The van der Waals surface area contributed by atoms with E-state index in [1.807, 2.05) is 31.1 Å². The summed E-state index contributed by atoms with van der Waals surface area (Å²) in [6.07, 6.45) is 1.64. The molecule has 0 fully saturated rings. The van der Waals surface area contributed by atoms with Crippen LogP contribution < -0.4 is 10.1 Å². The Balaban J connectivity index is 1.98. The van der Waals surface area contributed by atoms with Crippen molar-refractivity contribution < 1.29 is 13.9 Å². The molecule has 0 radical (unpaired) electrons. The van der Waals surface area contributed by atoms with E-state index in [1.165, 1.54) is 0 Å².